The Morgan fingerprint density at radius 2 is 1.47 bits per heavy atom. The topological polar surface area (TPSA) is 87.4 Å². The standard InChI is InChI=1S/C23H34N2O5S2/c1-19-10-12-21(13-11-19)32(28,29)30-31(3)16-8-4-6-14-24-18-20(2)22(26)25(23(24)27)15-7-5-9-17-31/h10-13,18H,4-9,14-17H2,1-3H3. The van der Waals surface area contributed by atoms with E-state index in [0.29, 0.717) is 36.6 Å². The van der Waals surface area contributed by atoms with E-state index in [0.717, 1.165) is 37.7 Å². The van der Waals surface area contributed by atoms with Crippen LogP contribution >= 0.6 is 10.3 Å². The van der Waals surface area contributed by atoms with E-state index in [4.69, 9.17) is 3.63 Å². The molecule has 2 heterocycles. The average Bonchev–Trinajstić information content (AvgIpc) is 2.72. The number of benzene rings is 1. The summed E-state index contributed by atoms with van der Waals surface area (Å²) >= 11 is 0. The van der Waals surface area contributed by atoms with Gasteiger partial charge >= 0.3 is 15.8 Å². The van der Waals surface area contributed by atoms with Gasteiger partial charge in [0, 0.05) is 36.4 Å². The van der Waals surface area contributed by atoms with Gasteiger partial charge in [0.05, 0.1) is 4.90 Å². The third-order valence-electron chi connectivity index (χ3n) is 5.91. The molecule has 0 saturated carbocycles. The number of hydrogen-bond donors (Lipinski definition) is 0. The quantitative estimate of drug-likeness (QED) is 0.665. The van der Waals surface area contributed by atoms with Crippen molar-refractivity contribution in [3.63, 3.8) is 0 Å². The lowest BCUT2D eigenvalue weighted by atomic mass is 10.2. The van der Waals surface area contributed by atoms with Gasteiger partial charge in [-0.3, -0.25) is 9.36 Å². The van der Waals surface area contributed by atoms with E-state index >= 15 is 0 Å². The molecule has 9 heteroatoms. The van der Waals surface area contributed by atoms with Gasteiger partial charge in [-0.2, -0.15) is 8.42 Å². The van der Waals surface area contributed by atoms with E-state index in [-0.39, 0.29) is 16.1 Å². The molecule has 1 unspecified atom stereocenters. The van der Waals surface area contributed by atoms with Gasteiger partial charge in [0.15, 0.2) is 0 Å². The highest BCUT2D eigenvalue weighted by atomic mass is 32.3. The summed E-state index contributed by atoms with van der Waals surface area (Å²) in [5.74, 6) is 1.40. The van der Waals surface area contributed by atoms with Crippen molar-refractivity contribution in [1.82, 2.24) is 9.13 Å². The third-order valence-corrected chi connectivity index (χ3v) is 11.1. The fourth-order valence-electron chi connectivity index (χ4n) is 4.01. The maximum atomic E-state index is 12.9. The average molecular weight is 483 g/mol. The molecule has 0 saturated heterocycles. The summed E-state index contributed by atoms with van der Waals surface area (Å²) in [6.45, 7) is 4.60. The van der Waals surface area contributed by atoms with Gasteiger partial charge in [-0.15, -0.1) is 10.3 Å². The summed E-state index contributed by atoms with van der Waals surface area (Å²) in [7, 11) is -5.64. The molecule has 1 atom stereocenters. The zero-order chi connectivity index (χ0) is 23.4. The van der Waals surface area contributed by atoms with Crippen LogP contribution in [-0.4, -0.2) is 35.3 Å². The molecule has 0 aliphatic carbocycles. The first-order valence-electron chi connectivity index (χ1n) is 11.2. The van der Waals surface area contributed by atoms with Crippen LogP contribution in [0, 0.1) is 13.8 Å². The van der Waals surface area contributed by atoms with Crippen LogP contribution in [0.2, 0.25) is 0 Å². The van der Waals surface area contributed by atoms with Gasteiger partial charge in [-0.05, 0) is 57.9 Å². The summed E-state index contributed by atoms with van der Waals surface area (Å²) < 4.78 is 34.7. The molecule has 1 aromatic heterocycles. The van der Waals surface area contributed by atoms with Gasteiger partial charge in [-0.1, -0.05) is 30.5 Å². The first-order valence-corrected chi connectivity index (χ1v) is 14.9. The fourth-order valence-corrected chi connectivity index (χ4v) is 8.90. The van der Waals surface area contributed by atoms with Gasteiger partial charge in [0.25, 0.3) is 5.56 Å². The normalized spacial score (nSPS) is 23.1. The Kier molecular flexibility index (Phi) is 8.06. The van der Waals surface area contributed by atoms with Crippen LogP contribution in [0.5, 0.6) is 0 Å². The first-order chi connectivity index (χ1) is 15.1. The van der Waals surface area contributed by atoms with Gasteiger partial charge in [-0.25, -0.2) is 8.42 Å². The lowest BCUT2D eigenvalue weighted by Gasteiger charge is -2.34. The molecule has 0 fully saturated rings. The molecule has 7 nitrogen and oxygen atoms in total. The van der Waals surface area contributed by atoms with Gasteiger partial charge in [0.1, 0.15) is 0 Å². The van der Waals surface area contributed by atoms with Crippen molar-refractivity contribution >= 4 is 20.4 Å². The summed E-state index contributed by atoms with van der Waals surface area (Å²) in [5.41, 5.74) is 1.13. The predicted octanol–water partition coefficient (Wildman–Crippen LogP) is 3.74. The van der Waals surface area contributed by atoms with E-state index in [1.54, 1.807) is 42.0 Å². The SMILES string of the molecule is Cc1ccc(S(=O)(=O)OS2(C)CCCCCn3cc(C)c(=O)n(c3=O)CCCCC2)cc1. The van der Waals surface area contributed by atoms with Crippen LogP contribution in [-0.2, 0) is 26.8 Å². The minimum Gasteiger partial charge on any atom is -0.300 e. The van der Waals surface area contributed by atoms with Crippen molar-refractivity contribution in [2.45, 2.75) is 70.4 Å². The molecule has 178 valence electrons. The summed E-state index contributed by atoms with van der Waals surface area (Å²) in [4.78, 5) is 25.3. The highest BCUT2D eigenvalue weighted by molar-refractivity contribution is 8.32. The van der Waals surface area contributed by atoms with Gasteiger partial charge in [0.2, 0.25) is 0 Å². The molecule has 1 aliphatic heterocycles. The molecule has 0 amide bonds. The van der Waals surface area contributed by atoms with Crippen LogP contribution in [0.3, 0.4) is 0 Å². The van der Waals surface area contributed by atoms with Gasteiger partial charge < -0.3 is 4.57 Å². The molecule has 0 spiro atoms. The smallest absolute Gasteiger partial charge is 0.300 e. The Labute approximate surface area is 192 Å². The number of rotatable bonds is 3. The van der Waals surface area contributed by atoms with E-state index < -0.39 is 20.4 Å². The molecule has 1 aliphatic rings. The van der Waals surface area contributed by atoms with E-state index in [1.807, 2.05) is 13.2 Å². The second kappa shape index (κ2) is 10.4. The second-order valence-corrected chi connectivity index (χ2v) is 13.9. The van der Waals surface area contributed by atoms with Crippen molar-refractivity contribution < 1.29 is 12.0 Å². The Hall–Kier alpha value is -1.84. The molecule has 0 N–H and O–H groups in total. The molecule has 2 aromatic rings. The van der Waals surface area contributed by atoms with Crippen LogP contribution in [0.4, 0.5) is 0 Å². The van der Waals surface area contributed by atoms with Crippen molar-refractivity contribution in [1.29, 1.82) is 0 Å². The van der Waals surface area contributed by atoms with E-state index in [2.05, 4.69) is 0 Å². The molecule has 2 bridgehead atoms. The third kappa shape index (κ3) is 6.14. The Balaban J connectivity index is 1.75. The number of fused-ring (bicyclic) bond motifs is 2. The minimum absolute atomic E-state index is 0.198. The Bertz CT molecular complexity index is 1150. The molecule has 32 heavy (non-hydrogen) atoms. The minimum atomic E-state index is -3.82. The van der Waals surface area contributed by atoms with Crippen molar-refractivity contribution in [3.05, 3.63) is 62.4 Å². The predicted molar refractivity (Wildman–Crippen MR) is 130 cm³/mol. The lowest BCUT2D eigenvalue weighted by Crippen LogP contribution is -2.40. The molecular weight excluding hydrogens is 448 g/mol. The second-order valence-electron chi connectivity index (χ2n) is 8.79. The zero-order valence-corrected chi connectivity index (χ0v) is 20.8. The van der Waals surface area contributed by atoms with Crippen molar-refractivity contribution in [3.8, 4) is 0 Å². The van der Waals surface area contributed by atoms with E-state index in [9.17, 15) is 18.0 Å². The summed E-state index contributed by atoms with van der Waals surface area (Å²) in [6, 6.07) is 6.76. The number of nitrogens with zero attached hydrogens (tertiary/aromatic N) is 2. The first kappa shape index (κ1) is 24.8. The van der Waals surface area contributed by atoms with Crippen LogP contribution in [0.15, 0.2) is 44.9 Å². The molecule has 1 aromatic carbocycles. The van der Waals surface area contributed by atoms with Crippen molar-refractivity contribution in [2.75, 3.05) is 17.8 Å². The summed E-state index contributed by atoms with van der Waals surface area (Å²) in [5, 5.41) is 0. The largest absolute Gasteiger partial charge is 0.330 e. The molecular formula is C23H34N2O5S2. The summed E-state index contributed by atoms with van der Waals surface area (Å²) in [6.07, 6.45) is 8.39. The highest BCUT2D eigenvalue weighted by Crippen LogP contribution is 2.50. The Morgan fingerprint density at radius 1 is 0.875 bits per heavy atom. The fraction of sp³-hybridized carbons (Fsp3) is 0.565. The molecule has 0 radical (unpaired) electrons. The van der Waals surface area contributed by atoms with E-state index in [1.165, 1.54) is 4.57 Å². The van der Waals surface area contributed by atoms with Crippen LogP contribution in [0.1, 0.15) is 49.7 Å². The maximum absolute atomic E-state index is 12.9. The monoisotopic (exact) mass is 482 g/mol. The maximum Gasteiger partial charge on any atom is 0.330 e. The van der Waals surface area contributed by atoms with Crippen molar-refractivity contribution in [2.24, 2.45) is 0 Å². The molecule has 3 rings (SSSR count). The Morgan fingerprint density at radius 3 is 2.09 bits per heavy atom. The zero-order valence-electron chi connectivity index (χ0n) is 19.2. The number of hydrogen-bond acceptors (Lipinski definition) is 5. The van der Waals surface area contributed by atoms with Crippen LogP contribution in [0.25, 0.3) is 0 Å². The lowest BCUT2D eigenvalue weighted by molar-refractivity contribution is 0.492. The van der Waals surface area contributed by atoms with Crippen LogP contribution < -0.4 is 11.2 Å². The highest BCUT2D eigenvalue weighted by Gasteiger charge is 2.28. The number of aryl methyl sites for hydroxylation is 3. The number of aromatic nitrogens is 2.